The fourth-order valence-electron chi connectivity index (χ4n) is 1.38. The zero-order valence-corrected chi connectivity index (χ0v) is 9.41. The van der Waals surface area contributed by atoms with Gasteiger partial charge < -0.3 is 4.90 Å². The van der Waals surface area contributed by atoms with Crippen molar-refractivity contribution in [2.75, 3.05) is 7.05 Å². The van der Waals surface area contributed by atoms with Crippen LogP contribution in [0.3, 0.4) is 0 Å². The highest BCUT2D eigenvalue weighted by Crippen LogP contribution is 2.41. The molecule has 70 valence electrons. The number of aliphatic imine (C=N–C) groups is 1. The molecule has 13 heavy (non-hydrogen) atoms. The Labute approximate surface area is 86.8 Å². The first-order valence-electron chi connectivity index (χ1n) is 4.12. The van der Waals surface area contributed by atoms with Crippen LogP contribution in [0, 0.1) is 6.92 Å². The van der Waals surface area contributed by atoms with Gasteiger partial charge in [-0.25, -0.2) is 4.99 Å². The summed E-state index contributed by atoms with van der Waals surface area (Å²) in [6.07, 6.45) is 0. The molecule has 4 heteroatoms. The first-order chi connectivity index (χ1) is 6.09. The lowest BCUT2D eigenvalue weighted by atomic mass is 10.2. The van der Waals surface area contributed by atoms with Crippen molar-refractivity contribution in [3.8, 4) is 0 Å². The summed E-state index contributed by atoms with van der Waals surface area (Å²) >= 11 is 7.96. The van der Waals surface area contributed by atoms with Gasteiger partial charge in [-0.05, 0) is 19.9 Å². The minimum absolute atomic E-state index is 0.0579. The summed E-state index contributed by atoms with van der Waals surface area (Å²) < 4.78 is 0. The normalized spacial score (nSPS) is 21.4. The van der Waals surface area contributed by atoms with Gasteiger partial charge >= 0.3 is 0 Å². The van der Waals surface area contributed by atoms with E-state index in [1.807, 2.05) is 18.9 Å². The van der Waals surface area contributed by atoms with Crippen LogP contribution < -0.4 is 0 Å². The van der Waals surface area contributed by atoms with E-state index >= 15 is 0 Å². The Kier molecular flexibility index (Phi) is 2.08. The highest BCUT2D eigenvalue weighted by Gasteiger charge is 2.24. The summed E-state index contributed by atoms with van der Waals surface area (Å²) in [5, 5.41) is 1.06. The second-order valence-corrected chi connectivity index (χ2v) is 4.87. The molecule has 0 fully saturated rings. The highest BCUT2D eigenvalue weighted by atomic mass is 35.5. The monoisotopic (exact) mass is 214 g/mol. The van der Waals surface area contributed by atoms with E-state index < -0.39 is 0 Å². The van der Waals surface area contributed by atoms with Crippen LogP contribution in [0.15, 0.2) is 11.1 Å². The van der Waals surface area contributed by atoms with Gasteiger partial charge in [0, 0.05) is 17.5 Å². The number of amidine groups is 1. The molecule has 1 unspecified atom stereocenters. The number of hydrogen-bond donors (Lipinski definition) is 0. The molecule has 1 aliphatic rings. The van der Waals surface area contributed by atoms with Crippen LogP contribution in [0.2, 0.25) is 0 Å². The molecule has 1 aromatic heterocycles. The Morgan fingerprint density at radius 3 is 2.92 bits per heavy atom. The number of aryl methyl sites for hydroxylation is 1. The number of hydrogen-bond acceptors (Lipinski definition) is 3. The standard InChI is InChI=1S/C9H11ClN2S/c1-5-4-7-8(10)12(3)6(2)11-9(7)13-5/h4,8H,1-3H3. The molecule has 0 saturated heterocycles. The minimum atomic E-state index is -0.0579. The summed E-state index contributed by atoms with van der Waals surface area (Å²) in [6, 6.07) is 2.12. The van der Waals surface area contributed by atoms with Gasteiger partial charge in [0.2, 0.25) is 0 Å². The van der Waals surface area contributed by atoms with Gasteiger partial charge in [-0.1, -0.05) is 11.6 Å². The number of halogens is 1. The molecule has 0 amide bonds. The van der Waals surface area contributed by atoms with Crippen molar-refractivity contribution in [3.63, 3.8) is 0 Å². The van der Waals surface area contributed by atoms with Crippen molar-refractivity contribution in [1.82, 2.24) is 4.90 Å². The van der Waals surface area contributed by atoms with Gasteiger partial charge in [0.25, 0.3) is 0 Å². The third kappa shape index (κ3) is 1.36. The van der Waals surface area contributed by atoms with Crippen molar-refractivity contribution in [2.24, 2.45) is 4.99 Å². The Hall–Kier alpha value is -0.540. The number of fused-ring (bicyclic) bond motifs is 1. The first kappa shape index (κ1) is 9.03. The number of thiophene rings is 1. The molecule has 0 saturated carbocycles. The molecular formula is C9H11ClN2S. The lowest BCUT2D eigenvalue weighted by molar-refractivity contribution is 0.471. The molecule has 2 rings (SSSR count). The van der Waals surface area contributed by atoms with E-state index in [0.29, 0.717) is 0 Å². The van der Waals surface area contributed by atoms with Gasteiger partial charge in [0.1, 0.15) is 16.3 Å². The fourth-order valence-corrected chi connectivity index (χ4v) is 2.71. The summed E-state index contributed by atoms with van der Waals surface area (Å²) in [7, 11) is 1.96. The molecule has 0 aliphatic carbocycles. The van der Waals surface area contributed by atoms with Crippen molar-refractivity contribution in [3.05, 3.63) is 16.5 Å². The highest BCUT2D eigenvalue weighted by molar-refractivity contribution is 7.16. The average Bonchev–Trinajstić information content (AvgIpc) is 2.42. The maximum atomic E-state index is 6.26. The zero-order chi connectivity index (χ0) is 9.59. The summed E-state index contributed by atoms with van der Waals surface area (Å²) in [6.45, 7) is 4.06. The molecule has 0 aromatic carbocycles. The Morgan fingerprint density at radius 1 is 1.54 bits per heavy atom. The third-order valence-electron chi connectivity index (χ3n) is 2.23. The van der Waals surface area contributed by atoms with Crippen LogP contribution in [0.25, 0.3) is 0 Å². The van der Waals surface area contributed by atoms with Gasteiger partial charge in [0.15, 0.2) is 0 Å². The molecule has 1 aliphatic heterocycles. The van der Waals surface area contributed by atoms with Crippen LogP contribution in [0.4, 0.5) is 5.00 Å². The van der Waals surface area contributed by atoms with Crippen molar-refractivity contribution < 1.29 is 0 Å². The van der Waals surface area contributed by atoms with Gasteiger partial charge in [0.05, 0.1) is 0 Å². The second kappa shape index (κ2) is 3.00. The molecule has 0 bridgehead atoms. The predicted octanol–water partition coefficient (Wildman–Crippen LogP) is 3.29. The maximum Gasteiger partial charge on any atom is 0.133 e. The second-order valence-electron chi connectivity index (χ2n) is 3.22. The molecule has 2 nitrogen and oxygen atoms in total. The summed E-state index contributed by atoms with van der Waals surface area (Å²) in [5.41, 5.74) is 1.08. The van der Waals surface area contributed by atoms with E-state index in [0.717, 1.165) is 16.4 Å². The van der Waals surface area contributed by atoms with E-state index in [-0.39, 0.29) is 5.50 Å². The van der Waals surface area contributed by atoms with Gasteiger partial charge in [-0.2, -0.15) is 0 Å². The van der Waals surface area contributed by atoms with E-state index in [9.17, 15) is 0 Å². The van der Waals surface area contributed by atoms with E-state index in [1.54, 1.807) is 11.3 Å². The third-order valence-corrected chi connectivity index (χ3v) is 3.72. The smallest absolute Gasteiger partial charge is 0.133 e. The SMILES string of the molecule is CC1=Nc2sc(C)cc2C(Cl)N1C. The van der Waals surface area contributed by atoms with Gasteiger partial charge in [-0.15, -0.1) is 11.3 Å². The lowest BCUT2D eigenvalue weighted by Gasteiger charge is -2.27. The fraction of sp³-hybridized carbons (Fsp3) is 0.444. The largest absolute Gasteiger partial charge is 0.343 e. The topological polar surface area (TPSA) is 15.6 Å². The Bertz CT molecular complexity index is 370. The van der Waals surface area contributed by atoms with Crippen LogP contribution >= 0.6 is 22.9 Å². The maximum absolute atomic E-state index is 6.26. The van der Waals surface area contributed by atoms with Crippen LogP contribution in [0.1, 0.15) is 22.9 Å². The first-order valence-corrected chi connectivity index (χ1v) is 5.37. The molecule has 0 N–H and O–H groups in total. The number of nitrogens with zero attached hydrogens (tertiary/aromatic N) is 2. The molecule has 2 heterocycles. The van der Waals surface area contributed by atoms with E-state index in [2.05, 4.69) is 18.0 Å². The molecule has 1 aromatic rings. The van der Waals surface area contributed by atoms with Crippen LogP contribution in [-0.4, -0.2) is 17.8 Å². The van der Waals surface area contributed by atoms with Crippen LogP contribution in [0.5, 0.6) is 0 Å². The predicted molar refractivity (Wildman–Crippen MR) is 58.2 cm³/mol. The lowest BCUT2D eigenvalue weighted by Crippen LogP contribution is -2.28. The Balaban J connectivity index is 2.55. The summed E-state index contributed by atoms with van der Waals surface area (Å²) in [4.78, 5) is 7.72. The Morgan fingerprint density at radius 2 is 2.23 bits per heavy atom. The molecule has 1 atom stereocenters. The van der Waals surface area contributed by atoms with Crippen molar-refractivity contribution in [2.45, 2.75) is 19.3 Å². The minimum Gasteiger partial charge on any atom is -0.343 e. The van der Waals surface area contributed by atoms with Crippen molar-refractivity contribution in [1.29, 1.82) is 0 Å². The van der Waals surface area contributed by atoms with Gasteiger partial charge in [-0.3, -0.25) is 0 Å². The zero-order valence-electron chi connectivity index (χ0n) is 7.84. The average molecular weight is 215 g/mol. The molecule has 0 spiro atoms. The molecule has 0 radical (unpaired) electrons. The van der Waals surface area contributed by atoms with Crippen LogP contribution in [-0.2, 0) is 0 Å². The van der Waals surface area contributed by atoms with Crippen molar-refractivity contribution >= 4 is 33.8 Å². The summed E-state index contributed by atoms with van der Waals surface area (Å²) in [5.74, 6) is 0.981. The number of rotatable bonds is 0. The van der Waals surface area contributed by atoms with E-state index in [4.69, 9.17) is 11.6 Å². The number of alkyl halides is 1. The quantitative estimate of drug-likeness (QED) is 0.478. The molecular weight excluding hydrogens is 204 g/mol. The van der Waals surface area contributed by atoms with E-state index in [1.165, 1.54) is 4.88 Å².